The fourth-order valence-electron chi connectivity index (χ4n) is 3.68. The molecule has 0 spiro atoms. The molecule has 0 radical (unpaired) electrons. The zero-order valence-corrected chi connectivity index (χ0v) is 12.7. The van der Waals surface area contributed by atoms with Gasteiger partial charge in [-0.1, -0.05) is 31.9 Å². The Hall–Kier alpha value is -1.02. The Kier molecular flexibility index (Phi) is 4.62. The summed E-state index contributed by atoms with van der Waals surface area (Å²) < 4.78 is 5.55. The van der Waals surface area contributed by atoms with Gasteiger partial charge in [-0.05, 0) is 61.4 Å². The predicted molar refractivity (Wildman–Crippen MR) is 83.3 cm³/mol. The van der Waals surface area contributed by atoms with Crippen LogP contribution in [-0.2, 0) is 12.8 Å². The summed E-state index contributed by atoms with van der Waals surface area (Å²) in [5.41, 5.74) is 2.84. The first-order valence-corrected chi connectivity index (χ1v) is 8.26. The van der Waals surface area contributed by atoms with Crippen LogP contribution in [0.15, 0.2) is 18.2 Å². The van der Waals surface area contributed by atoms with Gasteiger partial charge in [-0.3, -0.25) is 0 Å². The minimum atomic E-state index is 0.858. The molecule has 1 aliphatic heterocycles. The highest BCUT2D eigenvalue weighted by atomic mass is 16.5. The molecule has 1 aromatic carbocycles. The molecule has 2 unspecified atom stereocenters. The van der Waals surface area contributed by atoms with Crippen molar-refractivity contribution in [2.24, 2.45) is 11.8 Å². The van der Waals surface area contributed by atoms with Crippen LogP contribution < -0.4 is 10.1 Å². The van der Waals surface area contributed by atoms with Gasteiger partial charge in [-0.25, -0.2) is 0 Å². The second-order valence-electron chi connectivity index (χ2n) is 6.63. The van der Waals surface area contributed by atoms with E-state index in [0.717, 1.165) is 43.6 Å². The number of nitrogens with one attached hydrogen (secondary N) is 1. The Morgan fingerprint density at radius 1 is 1.30 bits per heavy atom. The summed E-state index contributed by atoms with van der Waals surface area (Å²) in [5, 5.41) is 3.66. The molecule has 0 amide bonds. The first-order chi connectivity index (χ1) is 9.81. The summed E-state index contributed by atoms with van der Waals surface area (Å²) in [7, 11) is 0. The second kappa shape index (κ2) is 6.62. The van der Waals surface area contributed by atoms with E-state index in [4.69, 9.17) is 4.74 Å². The Morgan fingerprint density at radius 3 is 3.15 bits per heavy atom. The van der Waals surface area contributed by atoms with E-state index in [0.29, 0.717) is 0 Å². The predicted octanol–water partition coefficient (Wildman–Crippen LogP) is 3.58. The number of ether oxygens (including phenoxy) is 1. The molecule has 3 rings (SSSR count). The Labute approximate surface area is 122 Å². The van der Waals surface area contributed by atoms with Crippen LogP contribution in [0.3, 0.4) is 0 Å². The van der Waals surface area contributed by atoms with Gasteiger partial charge in [0, 0.05) is 6.42 Å². The van der Waals surface area contributed by atoms with Gasteiger partial charge in [-0.15, -0.1) is 0 Å². The quantitative estimate of drug-likeness (QED) is 0.828. The van der Waals surface area contributed by atoms with Gasteiger partial charge < -0.3 is 10.1 Å². The van der Waals surface area contributed by atoms with Crippen LogP contribution in [0.5, 0.6) is 5.75 Å². The molecular weight excluding hydrogens is 246 g/mol. The van der Waals surface area contributed by atoms with E-state index in [1.165, 1.54) is 43.4 Å². The fraction of sp³-hybridized carbons (Fsp3) is 0.667. The van der Waals surface area contributed by atoms with Gasteiger partial charge in [0.2, 0.25) is 0 Å². The molecule has 1 fully saturated rings. The van der Waals surface area contributed by atoms with Crippen molar-refractivity contribution in [2.75, 3.05) is 19.7 Å². The summed E-state index contributed by atoms with van der Waals surface area (Å²) >= 11 is 0. The Morgan fingerprint density at radius 2 is 2.25 bits per heavy atom. The molecule has 0 saturated heterocycles. The summed E-state index contributed by atoms with van der Waals surface area (Å²) in [6, 6.07) is 6.68. The number of hydrogen-bond acceptors (Lipinski definition) is 2. The Balaban J connectivity index is 1.39. The summed E-state index contributed by atoms with van der Waals surface area (Å²) in [6.07, 6.45) is 7.93. The monoisotopic (exact) mass is 273 g/mol. The number of benzene rings is 1. The third-order valence-corrected chi connectivity index (χ3v) is 4.82. The van der Waals surface area contributed by atoms with E-state index in [1.807, 2.05) is 0 Å². The highest BCUT2D eigenvalue weighted by Gasteiger charge is 2.18. The first-order valence-electron chi connectivity index (χ1n) is 8.26. The van der Waals surface area contributed by atoms with Crippen molar-refractivity contribution in [2.45, 2.75) is 45.4 Å². The summed E-state index contributed by atoms with van der Waals surface area (Å²) in [6.45, 7) is 5.57. The average molecular weight is 273 g/mol. The van der Waals surface area contributed by atoms with Crippen LogP contribution in [0.25, 0.3) is 0 Å². The van der Waals surface area contributed by atoms with Crippen LogP contribution in [0, 0.1) is 11.8 Å². The van der Waals surface area contributed by atoms with Gasteiger partial charge in [0.25, 0.3) is 0 Å². The van der Waals surface area contributed by atoms with Crippen LogP contribution in [0.1, 0.15) is 43.7 Å². The van der Waals surface area contributed by atoms with Crippen molar-refractivity contribution in [1.82, 2.24) is 5.32 Å². The van der Waals surface area contributed by atoms with Gasteiger partial charge in [0.1, 0.15) is 5.75 Å². The summed E-state index contributed by atoms with van der Waals surface area (Å²) in [5.74, 6) is 2.94. The smallest absolute Gasteiger partial charge is 0.122 e. The van der Waals surface area contributed by atoms with Gasteiger partial charge in [0.15, 0.2) is 0 Å². The maximum atomic E-state index is 5.55. The summed E-state index contributed by atoms with van der Waals surface area (Å²) in [4.78, 5) is 0. The van der Waals surface area contributed by atoms with Crippen molar-refractivity contribution >= 4 is 0 Å². The molecule has 1 aromatic rings. The minimum absolute atomic E-state index is 0.858. The first kappa shape index (κ1) is 13.9. The fourth-order valence-corrected chi connectivity index (χ4v) is 3.68. The van der Waals surface area contributed by atoms with Gasteiger partial charge >= 0.3 is 0 Å². The molecule has 2 aliphatic rings. The zero-order valence-electron chi connectivity index (χ0n) is 12.7. The zero-order chi connectivity index (χ0) is 13.8. The molecule has 2 atom stereocenters. The third-order valence-electron chi connectivity index (χ3n) is 4.82. The highest BCUT2D eigenvalue weighted by Crippen LogP contribution is 2.28. The van der Waals surface area contributed by atoms with Crippen LogP contribution in [0.2, 0.25) is 0 Å². The van der Waals surface area contributed by atoms with Crippen molar-refractivity contribution in [1.29, 1.82) is 0 Å². The number of fused-ring (bicyclic) bond motifs is 1. The largest absolute Gasteiger partial charge is 0.493 e. The van der Waals surface area contributed by atoms with Crippen LogP contribution in [-0.4, -0.2) is 19.7 Å². The molecule has 1 N–H and O–H groups in total. The third kappa shape index (κ3) is 3.54. The highest BCUT2D eigenvalue weighted by molar-refractivity contribution is 5.39. The van der Waals surface area contributed by atoms with Crippen LogP contribution >= 0.6 is 0 Å². The lowest BCUT2D eigenvalue weighted by Gasteiger charge is -2.26. The number of hydrogen-bond donors (Lipinski definition) is 1. The molecule has 0 aromatic heterocycles. The van der Waals surface area contributed by atoms with E-state index in [9.17, 15) is 0 Å². The van der Waals surface area contributed by atoms with E-state index in [1.54, 1.807) is 0 Å². The molecule has 110 valence electrons. The molecule has 1 aliphatic carbocycles. The lowest BCUT2D eigenvalue weighted by Crippen LogP contribution is -2.28. The van der Waals surface area contributed by atoms with Crippen molar-refractivity contribution in [3.8, 4) is 5.75 Å². The van der Waals surface area contributed by atoms with Gasteiger partial charge in [0.05, 0.1) is 6.61 Å². The maximum absolute atomic E-state index is 5.55. The molecule has 2 heteroatoms. The van der Waals surface area contributed by atoms with E-state index in [-0.39, 0.29) is 0 Å². The standard InChI is InChI=1S/C18H27NO/c1-14-3-2-4-16(11-14)13-19-9-7-15-5-6-18-17(12-15)8-10-20-18/h5-6,12,14,16,19H,2-4,7-11,13H2,1H3. The lowest BCUT2D eigenvalue weighted by molar-refractivity contribution is 0.275. The lowest BCUT2D eigenvalue weighted by atomic mass is 9.82. The Bertz CT molecular complexity index is 443. The normalized spacial score (nSPS) is 25.2. The van der Waals surface area contributed by atoms with E-state index < -0.39 is 0 Å². The van der Waals surface area contributed by atoms with Gasteiger partial charge in [-0.2, -0.15) is 0 Å². The van der Waals surface area contributed by atoms with E-state index in [2.05, 4.69) is 30.4 Å². The minimum Gasteiger partial charge on any atom is -0.493 e. The molecule has 20 heavy (non-hydrogen) atoms. The SMILES string of the molecule is CC1CCCC(CNCCc2ccc3c(c2)CCO3)C1. The van der Waals surface area contributed by atoms with Crippen molar-refractivity contribution < 1.29 is 4.74 Å². The second-order valence-corrected chi connectivity index (χ2v) is 6.63. The topological polar surface area (TPSA) is 21.3 Å². The molecular formula is C18H27NO. The molecule has 1 heterocycles. The van der Waals surface area contributed by atoms with Crippen molar-refractivity contribution in [3.05, 3.63) is 29.3 Å². The maximum Gasteiger partial charge on any atom is 0.122 e. The molecule has 0 bridgehead atoms. The van der Waals surface area contributed by atoms with Crippen LogP contribution in [0.4, 0.5) is 0 Å². The average Bonchev–Trinajstić information content (AvgIpc) is 2.91. The number of rotatable bonds is 5. The van der Waals surface area contributed by atoms with E-state index >= 15 is 0 Å². The molecule has 1 saturated carbocycles. The molecule has 2 nitrogen and oxygen atoms in total. The van der Waals surface area contributed by atoms with Crippen molar-refractivity contribution in [3.63, 3.8) is 0 Å².